The maximum atomic E-state index is 12.4. The van der Waals surface area contributed by atoms with Gasteiger partial charge in [0.25, 0.3) is 5.91 Å². The quantitative estimate of drug-likeness (QED) is 0.584. The van der Waals surface area contributed by atoms with Gasteiger partial charge in [-0.1, -0.05) is 12.1 Å². The highest BCUT2D eigenvalue weighted by Gasteiger charge is 2.10. The van der Waals surface area contributed by atoms with Crippen LogP contribution < -0.4 is 20.1 Å². The molecule has 7 nitrogen and oxygen atoms in total. The number of carbonyl (C=O) groups excluding carboxylic acids is 2. The fourth-order valence-electron chi connectivity index (χ4n) is 2.66. The van der Waals surface area contributed by atoms with Crippen molar-refractivity contribution in [1.29, 1.82) is 0 Å². The minimum Gasteiger partial charge on any atom is -0.497 e. The van der Waals surface area contributed by atoms with Gasteiger partial charge >= 0.3 is 0 Å². The SMILES string of the molecule is COc1ccc(Nc2ccc(C(=O)Nc3cccc(C(C)=O)c3)cn2)c(OC)c1. The van der Waals surface area contributed by atoms with Gasteiger partial charge in [0.05, 0.1) is 25.5 Å². The molecule has 0 bridgehead atoms. The van der Waals surface area contributed by atoms with Crippen LogP contribution >= 0.6 is 0 Å². The molecule has 1 heterocycles. The molecule has 2 N–H and O–H groups in total. The number of anilines is 3. The fourth-order valence-corrected chi connectivity index (χ4v) is 2.66. The molecule has 0 radical (unpaired) electrons. The third-order valence-corrected chi connectivity index (χ3v) is 4.22. The molecule has 0 fully saturated rings. The van der Waals surface area contributed by atoms with E-state index in [1.807, 2.05) is 12.1 Å². The number of hydrogen-bond donors (Lipinski definition) is 2. The number of benzene rings is 2. The molecule has 0 saturated carbocycles. The summed E-state index contributed by atoms with van der Waals surface area (Å²) in [5, 5.41) is 5.92. The van der Waals surface area contributed by atoms with Crippen molar-refractivity contribution in [2.24, 2.45) is 0 Å². The Balaban J connectivity index is 1.71. The van der Waals surface area contributed by atoms with E-state index >= 15 is 0 Å². The maximum absolute atomic E-state index is 12.4. The topological polar surface area (TPSA) is 89.6 Å². The number of nitrogens with zero attached hydrogens (tertiary/aromatic N) is 1. The first-order valence-corrected chi connectivity index (χ1v) is 8.87. The molecule has 0 unspecified atom stereocenters. The highest BCUT2D eigenvalue weighted by Crippen LogP contribution is 2.31. The third kappa shape index (κ3) is 4.90. The van der Waals surface area contributed by atoms with Crippen LogP contribution in [-0.4, -0.2) is 30.9 Å². The first-order valence-electron chi connectivity index (χ1n) is 8.87. The van der Waals surface area contributed by atoms with Gasteiger partial charge in [-0.2, -0.15) is 0 Å². The number of rotatable bonds is 7. The lowest BCUT2D eigenvalue weighted by molar-refractivity contribution is 0.101. The molecule has 7 heteroatoms. The maximum Gasteiger partial charge on any atom is 0.257 e. The molecular weight excluding hydrogens is 370 g/mol. The van der Waals surface area contributed by atoms with Crippen molar-refractivity contribution >= 4 is 28.9 Å². The van der Waals surface area contributed by atoms with Gasteiger partial charge in [-0.05, 0) is 43.3 Å². The lowest BCUT2D eigenvalue weighted by Gasteiger charge is -2.12. The van der Waals surface area contributed by atoms with Gasteiger partial charge in [0.2, 0.25) is 0 Å². The lowest BCUT2D eigenvalue weighted by Crippen LogP contribution is -2.12. The van der Waals surface area contributed by atoms with Crippen molar-refractivity contribution in [3.8, 4) is 11.5 Å². The van der Waals surface area contributed by atoms with E-state index in [0.717, 1.165) is 5.69 Å². The molecule has 29 heavy (non-hydrogen) atoms. The summed E-state index contributed by atoms with van der Waals surface area (Å²) in [5.41, 5.74) is 2.20. The lowest BCUT2D eigenvalue weighted by atomic mass is 10.1. The van der Waals surface area contributed by atoms with Crippen LogP contribution in [0.3, 0.4) is 0 Å². The Hall–Kier alpha value is -3.87. The molecule has 3 aromatic rings. The summed E-state index contributed by atoms with van der Waals surface area (Å²) < 4.78 is 10.5. The number of ketones is 1. The van der Waals surface area contributed by atoms with Crippen LogP contribution in [0.15, 0.2) is 60.8 Å². The monoisotopic (exact) mass is 391 g/mol. The summed E-state index contributed by atoms with van der Waals surface area (Å²) in [5.74, 6) is 1.47. The van der Waals surface area contributed by atoms with Gasteiger partial charge in [0.15, 0.2) is 5.78 Å². The summed E-state index contributed by atoms with van der Waals surface area (Å²) in [7, 11) is 3.16. The van der Waals surface area contributed by atoms with Gasteiger partial charge < -0.3 is 20.1 Å². The second-order valence-electron chi connectivity index (χ2n) is 6.21. The average molecular weight is 391 g/mol. The molecule has 0 aliphatic rings. The predicted molar refractivity (Wildman–Crippen MR) is 111 cm³/mol. The third-order valence-electron chi connectivity index (χ3n) is 4.22. The van der Waals surface area contributed by atoms with Crippen molar-refractivity contribution < 1.29 is 19.1 Å². The van der Waals surface area contributed by atoms with E-state index in [0.29, 0.717) is 34.1 Å². The van der Waals surface area contributed by atoms with Crippen molar-refractivity contribution in [1.82, 2.24) is 4.98 Å². The molecule has 148 valence electrons. The summed E-state index contributed by atoms with van der Waals surface area (Å²) in [6.07, 6.45) is 1.47. The van der Waals surface area contributed by atoms with Crippen molar-refractivity contribution in [2.75, 3.05) is 24.9 Å². The van der Waals surface area contributed by atoms with E-state index in [-0.39, 0.29) is 11.7 Å². The minimum atomic E-state index is -0.313. The number of Topliss-reactive ketones (excluding diaryl/α,β-unsaturated/α-hetero) is 1. The van der Waals surface area contributed by atoms with Gasteiger partial charge in [-0.3, -0.25) is 9.59 Å². The molecular formula is C22H21N3O4. The molecule has 0 aliphatic carbocycles. The minimum absolute atomic E-state index is 0.0628. The van der Waals surface area contributed by atoms with Crippen LogP contribution in [0, 0.1) is 0 Å². The number of carbonyl (C=O) groups is 2. The molecule has 0 aliphatic heterocycles. The van der Waals surface area contributed by atoms with Crippen LogP contribution in [0.1, 0.15) is 27.6 Å². The first kappa shape index (κ1) is 19.9. The Labute approximate surface area is 168 Å². The largest absolute Gasteiger partial charge is 0.497 e. The zero-order valence-corrected chi connectivity index (χ0v) is 16.4. The van der Waals surface area contributed by atoms with Crippen molar-refractivity contribution in [2.45, 2.75) is 6.92 Å². The van der Waals surface area contributed by atoms with E-state index in [2.05, 4.69) is 15.6 Å². The van der Waals surface area contributed by atoms with Crippen molar-refractivity contribution in [3.63, 3.8) is 0 Å². The number of pyridine rings is 1. The number of ether oxygens (including phenoxy) is 2. The highest BCUT2D eigenvalue weighted by atomic mass is 16.5. The Kier molecular flexibility index (Phi) is 6.09. The van der Waals surface area contributed by atoms with Crippen LogP contribution in [0.5, 0.6) is 11.5 Å². The molecule has 2 aromatic carbocycles. The van der Waals surface area contributed by atoms with E-state index in [1.54, 1.807) is 56.7 Å². The fraction of sp³-hybridized carbons (Fsp3) is 0.136. The van der Waals surface area contributed by atoms with E-state index in [4.69, 9.17) is 9.47 Å². The number of amides is 1. The predicted octanol–water partition coefficient (Wildman–Crippen LogP) is 4.30. The zero-order chi connectivity index (χ0) is 20.8. The Morgan fingerprint density at radius 2 is 1.76 bits per heavy atom. The van der Waals surface area contributed by atoms with Gasteiger partial charge in [0.1, 0.15) is 17.3 Å². The van der Waals surface area contributed by atoms with Crippen LogP contribution in [-0.2, 0) is 0 Å². The number of nitrogens with one attached hydrogen (secondary N) is 2. The Bertz CT molecular complexity index is 1030. The number of hydrogen-bond acceptors (Lipinski definition) is 6. The summed E-state index contributed by atoms with van der Waals surface area (Å²) in [4.78, 5) is 28.2. The van der Waals surface area contributed by atoms with E-state index in [1.165, 1.54) is 13.1 Å². The molecule has 0 atom stereocenters. The highest BCUT2D eigenvalue weighted by molar-refractivity contribution is 6.05. The van der Waals surface area contributed by atoms with Crippen LogP contribution in [0.2, 0.25) is 0 Å². The summed E-state index contributed by atoms with van der Waals surface area (Å²) >= 11 is 0. The molecule has 3 rings (SSSR count). The molecule has 1 amide bonds. The van der Waals surface area contributed by atoms with Crippen LogP contribution in [0.4, 0.5) is 17.2 Å². The normalized spacial score (nSPS) is 10.2. The standard InChI is InChI=1S/C22H21N3O4/c1-14(26)15-5-4-6-17(11-15)24-22(27)16-7-10-21(23-13-16)25-19-9-8-18(28-2)12-20(19)29-3/h4-13H,1-3H3,(H,23,25)(H,24,27). The Morgan fingerprint density at radius 3 is 2.41 bits per heavy atom. The number of aromatic nitrogens is 1. The molecule has 0 spiro atoms. The second-order valence-corrected chi connectivity index (χ2v) is 6.21. The average Bonchev–Trinajstić information content (AvgIpc) is 2.74. The summed E-state index contributed by atoms with van der Waals surface area (Å²) in [6.45, 7) is 1.48. The molecule has 1 aromatic heterocycles. The van der Waals surface area contributed by atoms with Gasteiger partial charge in [-0.15, -0.1) is 0 Å². The Morgan fingerprint density at radius 1 is 0.931 bits per heavy atom. The van der Waals surface area contributed by atoms with E-state index < -0.39 is 0 Å². The molecule has 0 saturated heterocycles. The smallest absolute Gasteiger partial charge is 0.257 e. The van der Waals surface area contributed by atoms with Crippen LogP contribution in [0.25, 0.3) is 0 Å². The number of methoxy groups -OCH3 is 2. The van der Waals surface area contributed by atoms with Gasteiger partial charge in [-0.25, -0.2) is 4.98 Å². The summed E-state index contributed by atoms with van der Waals surface area (Å²) in [6, 6.07) is 15.5. The zero-order valence-electron chi connectivity index (χ0n) is 16.4. The van der Waals surface area contributed by atoms with Gasteiger partial charge in [0, 0.05) is 23.5 Å². The first-order chi connectivity index (χ1) is 14.0. The second kappa shape index (κ2) is 8.88. The van der Waals surface area contributed by atoms with E-state index in [9.17, 15) is 9.59 Å². The van der Waals surface area contributed by atoms with Crippen molar-refractivity contribution in [3.05, 3.63) is 71.9 Å².